The Labute approximate surface area is 138 Å². The normalized spacial score (nSPS) is 14.6. The second-order valence-electron chi connectivity index (χ2n) is 6.74. The first-order chi connectivity index (χ1) is 10.8. The van der Waals surface area contributed by atoms with E-state index in [-0.39, 0.29) is 12.0 Å². The number of nitrogens with two attached hydrogens (primary N) is 1. The summed E-state index contributed by atoms with van der Waals surface area (Å²) in [5.41, 5.74) is 5.51. The van der Waals surface area contributed by atoms with E-state index in [0.717, 1.165) is 18.4 Å². The molecule has 1 aromatic carbocycles. The maximum absolute atomic E-state index is 11.4. The van der Waals surface area contributed by atoms with Gasteiger partial charge in [-0.25, -0.2) is 4.79 Å². The molecular weight excluding hydrogens is 292 g/mol. The number of esters is 1. The summed E-state index contributed by atoms with van der Waals surface area (Å²) < 4.78 is 5.20. The van der Waals surface area contributed by atoms with Crippen LogP contribution in [0.2, 0.25) is 0 Å². The molecule has 5 nitrogen and oxygen atoms in total. The van der Waals surface area contributed by atoms with Crippen LogP contribution in [0.5, 0.6) is 0 Å². The van der Waals surface area contributed by atoms with Crippen LogP contribution in [0.4, 0.5) is 4.79 Å². The fraction of sp³-hybridized carbons (Fsp3) is 0.556. The number of hydrogen-bond donors (Lipinski definition) is 2. The van der Waals surface area contributed by atoms with E-state index in [0.29, 0.717) is 12.5 Å². The number of primary amides is 1. The average Bonchev–Trinajstić information content (AvgIpc) is 2.90. The van der Waals surface area contributed by atoms with Crippen molar-refractivity contribution < 1.29 is 14.3 Å². The second kappa shape index (κ2) is 9.18. The summed E-state index contributed by atoms with van der Waals surface area (Å²) in [5, 5.41) is 2.68. The summed E-state index contributed by atoms with van der Waals surface area (Å²) in [4.78, 5) is 21.7. The Morgan fingerprint density at radius 2 is 1.74 bits per heavy atom. The minimum Gasteiger partial charge on any atom is -0.460 e. The van der Waals surface area contributed by atoms with Gasteiger partial charge in [-0.1, -0.05) is 43.2 Å². The lowest BCUT2D eigenvalue weighted by molar-refractivity contribution is -0.153. The van der Waals surface area contributed by atoms with Crippen molar-refractivity contribution in [2.24, 2.45) is 5.73 Å². The third kappa shape index (κ3) is 9.55. The zero-order chi connectivity index (χ0) is 17.3. The Balaban J connectivity index is 0.000000253. The summed E-state index contributed by atoms with van der Waals surface area (Å²) in [5.74, 6) is -0.177. The number of benzene rings is 1. The van der Waals surface area contributed by atoms with Crippen LogP contribution in [-0.2, 0) is 16.0 Å². The van der Waals surface area contributed by atoms with Crippen molar-refractivity contribution in [3.05, 3.63) is 35.9 Å². The van der Waals surface area contributed by atoms with Crippen LogP contribution >= 0.6 is 0 Å². The lowest BCUT2D eigenvalue weighted by Gasteiger charge is -2.19. The lowest BCUT2D eigenvalue weighted by atomic mass is 10.1. The molecule has 0 bridgehead atoms. The number of urea groups is 1. The summed E-state index contributed by atoms with van der Waals surface area (Å²) in [7, 11) is 0. The summed E-state index contributed by atoms with van der Waals surface area (Å²) in [6.45, 7) is 5.61. The molecule has 23 heavy (non-hydrogen) atoms. The fourth-order valence-corrected chi connectivity index (χ4v) is 2.41. The molecule has 0 radical (unpaired) electrons. The van der Waals surface area contributed by atoms with E-state index in [1.165, 1.54) is 12.8 Å². The number of nitrogens with one attached hydrogen (secondary N) is 1. The first-order valence-electron chi connectivity index (χ1n) is 8.08. The summed E-state index contributed by atoms with van der Waals surface area (Å²) in [6, 6.07) is 9.58. The van der Waals surface area contributed by atoms with Crippen molar-refractivity contribution in [2.75, 3.05) is 0 Å². The van der Waals surface area contributed by atoms with Crippen LogP contribution in [0.1, 0.15) is 52.0 Å². The molecule has 0 atom stereocenters. The van der Waals surface area contributed by atoms with E-state index in [1.807, 2.05) is 51.1 Å². The highest BCUT2D eigenvalue weighted by Crippen LogP contribution is 2.17. The van der Waals surface area contributed by atoms with E-state index in [2.05, 4.69) is 5.32 Å². The Morgan fingerprint density at radius 1 is 1.17 bits per heavy atom. The number of amides is 2. The van der Waals surface area contributed by atoms with Gasteiger partial charge in [0.25, 0.3) is 0 Å². The van der Waals surface area contributed by atoms with Crippen LogP contribution < -0.4 is 11.1 Å². The lowest BCUT2D eigenvalue weighted by Crippen LogP contribution is -2.36. The SMILES string of the molecule is CC(C)(C)OC(=O)Cc1ccccc1.NC(=O)NC1CCCC1. The highest BCUT2D eigenvalue weighted by Gasteiger charge is 2.16. The van der Waals surface area contributed by atoms with E-state index in [9.17, 15) is 9.59 Å². The second-order valence-corrected chi connectivity index (χ2v) is 6.74. The van der Waals surface area contributed by atoms with Gasteiger partial charge < -0.3 is 15.8 Å². The predicted octanol–water partition coefficient (Wildman–Crippen LogP) is 3.17. The maximum atomic E-state index is 11.4. The van der Waals surface area contributed by atoms with Crippen molar-refractivity contribution in [3.8, 4) is 0 Å². The van der Waals surface area contributed by atoms with Gasteiger partial charge in [0.15, 0.2) is 0 Å². The quantitative estimate of drug-likeness (QED) is 0.839. The van der Waals surface area contributed by atoms with E-state index >= 15 is 0 Å². The Kier molecular flexibility index (Phi) is 7.59. The zero-order valence-corrected chi connectivity index (χ0v) is 14.3. The summed E-state index contributed by atoms with van der Waals surface area (Å²) in [6.07, 6.45) is 5.00. The molecule has 0 saturated heterocycles. The molecule has 2 amide bonds. The molecule has 1 saturated carbocycles. The number of carbonyl (C=O) groups excluding carboxylic acids is 2. The predicted molar refractivity (Wildman–Crippen MR) is 91.0 cm³/mol. The van der Waals surface area contributed by atoms with E-state index < -0.39 is 5.60 Å². The van der Waals surface area contributed by atoms with Gasteiger partial charge in [-0.15, -0.1) is 0 Å². The van der Waals surface area contributed by atoms with Crippen molar-refractivity contribution in [2.45, 2.75) is 64.5 Å². The highest BCUT2D eigenvalue weighted by atomic mass is 16.6. The van der Waals surface area contributed by atoms with Gasteiger partial charge >= 0.3 is 12.0 Å². The van der Waals surface area contributed by atoms with E-state index in [4.69, 9.17) is 10.5 Å². The van der Waals surface area contributed by atoms with Crippen LogP contribution in [0, 0.1) is 0 Å². The molecule has 0 heterocycles. The molecule has 1 aromatic rings. The van der Waals surface area contributed by atoms with Crippen LogP contribution in [0.3, 0.4) is 0 Å². The minimum atomic E-state index is -0.397. The minimum absolute atomic E-state index is 0.177. The third-order valence-electron chi connectivity index (χ3n) is 3.31. The van der Waals surface area contributed by atoms with E-state index in [1.54, 1.807) is 0 Å². The molecule has 1 fully saturated rings. The van der Waals surface area contributed by atoms with Crippen molar-refractivity contribution in [1.29, 1.82) is 0 Å². The number of rotatable bonds is 3. The van der Waals surface area contributed by atoms with Gasteiger partial charge in [0.05, 0.1) is 6.42 Å². The first kappa shape index (κ1) is 19.0. The van der Waals surface area contributed by atoms with Crippen molar-refractivity contribution >= 4 is 12.0 Å². The Hall–Kier alpha value is -2.04. The highest BCUT2D eigenvalue weighted by molar-refractivity contribution is 5.73. The topological polar surface area (TPSA) is 81.4 Å². The molecule has 1 aliphatic carbocycles. The Bertz CT molecular complexity index is 489. The van der Waals surface area contributed by atoms with Gasteiger partial charge in [-0.2, -0.15) is 0 Å². The standard InChI is InChI=1S/C12H16O2.C6H12N2O/c1-12(2,3)14-11(13)9-10-7-5-4-6-8-10;7-6(9)8-5-3-1-2-4-5/h4-8H,9H2,1-3H3;5H,1-4H2,(H3,7,8,9). The molecular formula is C18H28N2O3. The molecule has 0 aliphatic heterocycles. The monoisotopic (exact) mass is 320 g/mol. The third-order valence-corrected chi connectivity index (χ3v) is 3.31. The molecule has 0 spiro atoms. The first-order valence-corrected chi connectivity index (χ1v) is 8.08. The fourth-order valence-electron chi connectivity index (χ4n) is 2.41. The average molecular weight is 320 g/mol. The van der Waals surface area contributed by atoms with Crippen LogP contribution in [0.25, 0.3) is 0 Å². The Morgan fingerprint density at radius 3 is 2.22 bits per heavy atom. The largest absolute Gasteiger partial charge is 0.460 e. The number of hydrogen-bond acceptors (Lipinski definition) is 3. The maximum Gasteiger partial charge on any atom is 0.312 e. The molecule has 1 aliphatic rings. The van der Waals surface area contributed by atoms with Crippen molar-refractivity contribution in [1.82, 2.24) is 5.32 Å². The molecule has 0 aromatic heterocycles. The van der Waals surface area contributed by atoms with Gasteiger partial charge in [0, 0.05) is 6.04 Å². The van der Waals surface area contributed by atoms with Gasteiger partial charge in [-0.3, -0.25) is 4.79 Å². The van der Waals surface area contributed by atoms with Crippen molar-refractivity contribution in [3.63, 3.8) is 0 Å². The molecule has 3 N–H and O–H groups in total. The van der Waals surface area contributed by atoms with Gasteiger partial charge in [-0.05, 0) is 39.2 Å². The van der Waals surface area contributed by atoms with Crippen LogP contribution in [-0.4, -0.2) is 23.6 Å². The molecule has 128 valence electrons. The zero-order valence-electron chi connectivity index (χ0n) is 14.3. The molecule has 0 unspecified atom stereocenters. The smallest absolute Gasteiger partial charge is 0.312 e. The summed E-state index contributed by atoms with van der Waals surface area (Å²) >= 11 is 0. The number of ether oxygens (including phenoxy) is 1. The molecule has 5 heteroatoms. The molecule has 2 rings (SSSR count). The van der Waals surface area contributed by atoms with Crippen LogP contribution in [0.15, 0.2) is 30.3 Å². The number of carbonyl (C=O) groups is 2. The van der Waals surface area contributed by atoms with Gasteiger partial charge in [0.2, 0.25) is 0 Å². The van der Waals surface area contributed by atoms with Gasteiger partial charge in [0.1, 0.15) is 5.60 Å².